The molecule has 4 nitrogen and oxygen atoms in total. The highest BCUT2D eigenvalue weighted by Crippen LogP contribution is 2.28. The fourth-order valence-corrected chi connectivity index (χ4v) is 3.26. The van der Waals surface area contributed by atoms with Crippen molar-refractivity contribution in [1.82, 2.24) is 0 Å². The molecule has 0 fully saturated rings. The molecule has 0 unspecified atom stereocenters. The van der Waals surface area contributed by atoms with Gasteiger partial charge in [-0.15, -0.1) is 0 Å². The standard InChI is InChI=1S/C24H17Cl3N2O2/c1-15-6-8-20(12-22(15)27)29-24(30)18(13-28)10-17-11-19(25)7-9-23(17)31-14-16-4-2-3-5-21(16)26/h2-12H,14H2,1H3,(H,29,30)/b18-10+. The molecule has 1 N–H and O–H groups in total. The molecule has 3 aromatic rings. The Labute approximate surface area is 195 Å². The minimum atomic E-state index is -0.570. The minimum Gasteiger partial charge on any atom is -0.488 e. The Morgan fingerprint density at radius 1 is 1.06 bits per heavy atom. The largest absolute Gasteiger partial charge is 0.488 e. The monoisotopic (exact) mass is 470 g/mol. The maximum absolute atomic E-state index is 12.6. The number of carbonyl (C=O) groups is 1. The van der Waals surface area contributed by atoms with Crippen molar-refractivity contribution < 1.29 is 9.53 Å². The third-order valence-corrected chi connectivity index (χ3v) is 5.42. The summed E-state index contributed by atoms with van der Waals surface area (Å²) < 4.78 is 5.89. The maximum Gasteiger partial charge on any atom is 0.266 e. The topological polar surface area (TPSA) is 62.1 Å². The highest BCUT2D eigenvalue weighted by atomic mass is 35.5. The van der Waals surface area contributed by atoms with E-state index in [2.05, 4.69) is 5.32 Å². The zero-order chi connectivity index (χ0) is 22.4. The van der Waals surface area contributed by atoms with E-state index in [-0.39, 0.29) is 12.2 Å². The van der Waals surface area contributed by atoms with Gasteiger partial charge in [-0.3, -0.25) is 4.79 Å². The average Bonchev–Trinajstić information content (AvgIpc) is 2.75. The number of rotatable bonds is 6. The second-order valence-corrected chi connectivity index (χ2v) is 7.90. The zero-order valence-corrected chi connectivity index (χ0v) is 18.7. The van der Waals surface area contributed by atoms with Gasteiger partial charge in [0.15, 0.2) is 0 Å². The number of nitrogens with zero attached hydrogens (tertiary/aromatic N) is 1. The van der Waals surface area contributed by atoms with Crippen LogP contribution >= 0.6 is 34.8 Å². The van der Waals surface area contributed by atoms with Crippen LogP contribution in [-0.4, -0.2) is 5.91 Å². The van der Waals surface area contributed by atoms with Gasteiger partial charge >= 0.3 is 0 Å². The van der Waals surface area contributed by atoms with E-state index < -0.39 is 5.91 Å². The zero-order valence-electron chi connectivity index (χ0n) is 16.5. The third-order valence-electron chi connectivity index (χ3n) is 4.41. The second-order valence-electron chi connectivity index (χ2n) is 6.65. The number of ether oxygens (including phenoxy) is 1. The minimum absolute atomic E-state index is 0.110. The van der Waals surface area contributed by atoms with E-state index in [1.807, 2.05) is 31.2 Å². The third kappa shape index (κ3) is 6.02. The molecule has 7 heteroatoms. The molecule has 1 amide bonds. The fourth-order valence-electron chi connectivity index (χ4n) is 2.71. The molecule has 0 heterocycles. The van der Waals surface area contributed by atoms with E-state index in [0.29, 0.717) is 32.1 Å². The Morgan fingerprint density at radius 2 is 1.84 bits per heavy atom. The lowest BCUT2D eigenvalue weighted by Gasteiger charge is -2.11. The Morgan fingerprint density at radius 3 is 2.55 bits per heavy atom. The Hall–Kier alpha value is -2.97. The molecular weight excluding hydrogens is 455 g/mol. The summed E-state index contributed by atoms with van der Waals surface area (Å²) in [5.74, 6) is -0.109. The summed E-state index contributed by atoms with van der Waals surface area (Å²) in [5.41, 5.74) is 2.57. The lowest BCUT2D eigenvalue weighted by Crippen LogP contribution is -2.13. The lowest BCUT2D eigenvalue weighted by atomic mass is 10.1. The predicted molar refractivity (Wildman–Crippen MR) is 126 cm³/mol. The Kier molecular flexibility index (Phi) is 7.59. The molecule has 156 valence electrons. The molecule has 0 radical (unpaired) electrons. The van der Waals surface area contributed by atoms with Gasteiger partial charge in [0.05, 0.1) is 0 Å². The van der Waals surface area contributed by atoms with Crippen molar-refractivity contribution in [2.75, 3.05) is 5.32 Å². The van der Waals surface area contributed by atoms with Crippen molar-refractivity contribution in [3.63, 3.8) is 0 Å². The van der Waals surface area contributed by atoms with Gasteiger partial charge in [-0.25, -0.2) is 0 Å². The van der Waals surface area contributed by atoms with Gasteiger partial charge in [-0.05, 0) is 55.0 Å². The molecule has 0 aliphatic rings. The summed E-state index contributed by atoms with van der Waals surface area (Å²) in [7, 11) is 0. The fraction of sp³-hybridized carbons (Fsp3) is 0.0833. The van der Waals surface area contributed by atoms with E-state index in [0.717, 1.165) is 11.1 Å². The molecule has 3 rings (SSSR count). The van der Waals surface area contributed by atoms with Crippen molar-refractivity contribution in [2.24, 2.45) is 0 Å². The molecule has 0 aliphatic heterocycles. The van der Waals surface area contributed by atoms with Crippen molar-refractivity contribution >= 4 is 52.5 Å². The molecule has 3 aromatic carbocycles. The van der Waals surface area contributed by atoms with Crippen molar-refractivity contribution in [1.29, 1.82) is 5.26 Å². The van der Waals surface area contributed by atoms with Crippen molar-refractivity contribution in [2.45, 2.75) is 13.5 Å². The van der Waals surface area contributed by atoms with E-state index in [9.17, 15) is 10.1 Å². The van der Waals surface area contributed by atoms with Crippen molar-refractivity contribution in [3.8, 4) is 11.8 Å². The van der Waals surface area contributed by atoms with Gasteiger partial charge in [0, 0.05) is 31.9 Å². The molecule has 0 saturated carbocycles. The quantitative estimate of drug-likeness (QED) is 0.308. The van der Waals surface area contributed by atoms with Gasteiger partial charge in [-0.2, -0.15) is 5.26 Å². The van der Waals surface area contributed by atoms with Crippen molar-refractivity contribution in [3.05, 3.63) is 98.0 Å². The number of nitrogens with one attached hydrogen (secondary N) is 1. The first-order valence-corrected chi connectivity index (χ1v) is 10.4. The van der Waals surface area contributed by atoms with Crippen LogP contribution in [0.1, 0.15) is 16.7 Å². The van der Waals surface area contributed by atoms with Gasteiger partial charge < -0.3 is 10.1 Å². The average molecular weight is 472 g/mol. The van der Waals surface area contributed by atoms with Gasteiger partial charge in [0.1, 0.15) is 24.0 Å². The molecule has 0 aliphatic carbocycles. The summed E-state index contributed by atoms with van der Waals surface area (Å²) in [6.07, 6.45) is 1.43. The van der Waals surface area contributed by atoms with E-state index in [1.165, 1.54) is 6.08 Å². The van der Waals surface area contributed by atoms with Crippen LogP contribution in [0, 0.1) is 18.3 Å². The summed E-state index contributed by atoms with van der Waals surface area (Å²) >= 11 is 18.4. The molecule has 0 atom stereocenters. The second kappa shape index (κ2) is 10.4. The first-order valence-electron chi connectivity index (χ1n) is 9.22. The van der Waals surface area contributed by atoms with E-state index in [1.54, 1.807) is 42.5 Å². The Bertz CT molecular complexity index is 1200. The number of hydrogen-bond donors (Lipinski definition) is 1. The molecule has 0 aromatic heterocycles. The van der Waals surface area contributed by atoms with Crippen LogP contribution < -0.4 is 10.1 Å². The predicted octanol–water partition coefficient (Wildman–Crippen LogP) is 7.08. The number of anilines is 1. The number of hydrogen-bond acceptors (Lipinski definition) is 3. The molecule has 0 bridgehead atoms. The summed E-state index contributed by atoms with van der Waals surface area (Å²) in [6.45, 7) is 2.08. The highest BCUT2D eigenvalue weighted by Gasteiger charge is 2.13. The molecular formula is C24H17Cl3N2O2. The van der Waals surface area contributed by atoms with Crippen LogP contribution in [0.5, 0.6) is 5.75 Å². The van der Waals surface area contributed by atoms with Crippen LogP contribution in [0.15, 0.2) is 66.2 Å². The number of carbonyl (C=O) groups excluding carboxylic acids is 1. The summed E-state index contributed by atoms with van der Waals surface area (Å²) in [4.78, 5) is 12.6. The SMILES string of the molecule is Cc1ccc(NC(=O)/C(C#N)=C/c2cc(Cl)ccc2OCc2ccccc2Cl)cc1Cl. The maximum atomic E-state index is 12.6. The van der Waals surface area contributed by atoms with Crippen LogP contribution in [0.3, 0.4) is 0 Å². The van der Waals surface area contributed by atoms with Gasteiger partial charge in [0.25, 0.3) is 5.91 Å². The highest BCUT2D eigenvalue weighted by molar-refractivity contribution is 6.32. The smallest absolute Gasteiger partial charge is 0.266 e. The van der Waals surface area contributed by atoms with E-state index in [4.69, 9.17) is 39.5 Å². The molecule has 0 spiro atoms. The molecule has 0 saturated heterocycles. The number of halogens is 3. The first kappa shape index (κ1) is 22.7. The van der Waals surface area contributed by atoms with E-state index >= 15 is 0 Å². The van der Waals surface area contributed by atoms with Crippen LogP contribution in [0.4, 0.5) is 5.69 Å². The number of nitriles is 1. The number of amides is 1. The van der Waals surface area contributed by atoms with Gasteiger partial charge in [0.2, 0.25) is 0 Å². The lowest BCUT2D eigenvalue weighted by molar-refractivity contribution is -0.112. The number of benzene rings is 3. The van der Waals surface area contributed by atoms with Crippen LogP contribution in [0.2, 0.25) is 15.1 Å². The molecule has 31 heavy (non-hydrogen) atoms. The normalized spacial score (nSPS) is 11.0. The number of aryl methyl sites for hydroxylation is 1. The summed E-state index contributed by atoms with van der Waals surface area (Å²) in [6, 6.07) is 19.3. The van der Waals surface area contributed by atoms with Crippen LogP contribution in [0.25, 0.3) is 6.08 Å². The summed E-state index contributed by atoms with van der Waals surface area (Å²) in [5, 5.41) is 13.8. The van der Waals surface area contributed by atoms with Crippen LogP contribution in [-0.2, 0) is 11.4 Å². The first-order chi connectivity index (χ1) is 14.9. The van der Waals surface area contributed by atoms with Gasteiger partial charge in [-0.1, -0.05) is 59.1 Å². The Balaban J connectivity index is 1.84.